The molecule has 0 N–H and O–H groups in total. The monoisotopic (exact) mass is 293 g/mol. The third-order valence-corrected chi connectivity index (χ3v) is 4.24. The van der Waals surface area contributed by atoms with Crippen molar-refractivity contribution in [1.29, 1.82) is 0 Å². The number of likely N-dealkylation sites (tertiary alicyclic amines) is 1. The molecule has 1 unspecified atom stereocenters. The molecule has 0 aromatic carbocycles. The molecule has 3 rings (SSSR count). The molecule has 1 fully saturated rings. The van der Waals surface area contributed by atoms with Crippen molar-refractivity contribution in [3.63, 3.8) is 0 Å². The smallest absolute Gasteiger partial charge is 0.323 e. The van der Waals surface area contributed by atoms with Crippen molar-refractivity contribution in [3.8, 4) is 10.8 Å². The van der Waals surface area contributed by atoms with Crippen LogP contribution in [0.4, 0.5) is 0 Å². The lowest BCUT2D eigenvalue weighted by molar-refractivity contribution is -0.146. The molecule has 7 heteroatoms. The number of methoxy groups -OCH3 is 1. The summed E-state index contributed by atoms with van der Waals surface area (Å²) in [6.45, 7) is 1.36. The van der Waals surface area contributed by atoms with Crippen LogP contribution in [0.2, 0.25) is 0 Å². The second-order valence-corrected chi connectivity index (χ2v) is 5.59. The van der Waals surface area contributed by atoms with Crippen LogP contribution in [0.3, 0.4) is 0 Å². The van der Waals surface area contributed by atoms with Gasteiger partial charge in [0, 0.05) is 0 Å². The van der Waals surface area contributed by atoms with E-state index in [1.165, 1.54) is 7.11 Å². The second kappa shape index (κ2) is 5.72. The van der Waals surface area contributed by atoms with Crippen LogP contribution in [0, 0.1) is 0 Å². The molecule has 0 aliphatic carbocycles. The molecule has 1 atom stereocenters. The predicted molar refractivity (Wildman–Crippen MR) is 73.1 cm³/mol. The van der Waals surface area contributed by atoms with Crippen LogP contribution in [0.1, 0.15) is 18.7 Å². The van der Waals surface area contributed by atoms with Crippen molar-refractivity contribution in [1.82, 2.24) is 15.0 Å². The summed E-state index contributed by atoms with van der Waals surface area (Å²) in [6, 6.07) is 3.69. The Morgan fingerprint density at radius 1 is 1.65 bits per heavy atom. The zero-order valence-electron chi connectivity index (χ0n) is 11.1. The Kier molecular flexibility index (Phi) is 3.79. The lowest BCUT2D eigenvalue weighted by atomic mass is 10.2. The first kappa shape index (κ1) is 13.3. The highest BCUT2D eigenvalue weighted by Gasteiger charge is 2.32. The van der Waals surface area contributed by atoms with Crippen LogP contribution in [0.15, 0.2) is 22.0 Å². The number of thiophene rings is 1. The molecule has 0 saturated carbocycles. The van der Waals surface area contributed by atoms with E-state index in [1.54, 1.807) is 11.3 Å². The maximum absolute atomic E-state index is 11.7. The van der Waals surface area contributed by atoms with Gasteiger partial charge in [0.25, 0.3) is 5.89 Å². The van der Waals surface area contributed by atoms with Crippen LogP contribution in [0.5, 0.6) is 0 Å². The van der Waals surface area contributed by atoms with E-state index in [1.807, 2.05) is 22.4 Å². The van der Waals surface area contributed by atoms with Gasteiger partial charge in [-0.15, -0.1) is 11.3 Å². The molecule has 106 valence electrons. The lowest BCUT2D eigenvalue weighted by Gasteiger charge is -2.20. The summed E-state index contributed by atoms with van der Waals surface area (Å²) in [7, 11) is 1.42. The summed E-state index contributed by atoms with van der Waals surface area (Å²) < 4.78 is 10.1. The molecule has 3 heterocycles. The van der Waals surface area contributed by atoms with Crippen LogP contribution in [-0.2, 0) is 16.1 Å². The highest BCUT2D eigenvalue weighted by molar-refractivity contribution is 7.13. The fourth-order valence-corrected chi connectivity index (χ4v) is 3.06. The minimum atomic E-state index is -0.191. The van der Waals surface area contributed by atoms with E-state index >= 15 is 0 Å². The summed E-state index contributed by atoms with van der Waals surface area (Å²) in [6.07, 6.45) is 1.80. The number of ether oxygens (including phenoxy) is 1. The van der Waals surface area contributed by atoms with E-state index in [0.29, 0.717) is 18.3 Å². The molecule has 6 nitrogen and oxygen atoms in total. The molecule has 0 amide bonds. The van der Waals surface area contributed by atoms with Crippen LogP contribution < -0.4 is 0 Å². The highest BCUT2D eigenvalue weighted by atomic mass is 32.1. The minimum absolute atomic E-state index is 0.190. The Bertz CT molecular complexity index is 581. The van der Waals surface area contributed by atoms with Gasteiger partial charge in [-0.2, -0.15) is 4.98 Å². The maximum atomic E-state index is 11.7. The summed E-state index contributed by atoms with van der Waals surface area (Å²) in [4.78, 5) is 19.0. The topological polar surface area (TPSA) is 68.5 Å². The number of carbonyl (C=O) groups is 1. The molecule has 1 aliphatic rings. The van der Waals surface area contributed by atoms with Gasteiger partial charge >= 0.3 is 5.97 Å². The molecule has 0 radical (unpaired) electrons. The molecule has 2 aromatic rings. The van der Waals surface area contributed by atoms with Gasteiger partial charge in [0.15, 0.2) is 5.82 Å². The molecule has 0 bridgehead atoms. The van der Waals surface area contributed by atoms with Gasteiger partial charge in [0.1, 0.15) is 6.04 Å². The van der Waals surface area contributed by atoms with Crippen molar-refractivity contribution in [2.75, 3.05) is 13.7 Å². The van der Waals surface area contributed by atoms with Gasteiger partial charge in [-0.05, 0) is 30.8 Å². The summed E-state index contributed by atoms with van der Waals surface area (Å²) in [5.41, 5.74) is 0. The van der Waals surface area contributed by atoms with E-state index in [-0.39, 0.29) is 12.0 Å². The molecule has 1 saturated heterocycles. The average Bonchev–Trinajstić information content (AvgIpc) is 3.19. The van der Waals surface area contributed by atoms with Crippen molar-refractivity contribution >= 4 is 17.3 Å². The molecule has 20 heavy (non-hydrogen) atoms. The van der Waals surface area contributed by atoms with Crippen molar-refractivity contribution < 1.29 is 14.1 Å². The zero-order valence-corrected chi connectivity index (χ0v) is 11.9. The van der Waals surface area contributed by atoms with Crippen LogP contribution >= 0.6 is 11.3 Å². The molecular formula is C13H15N3O3S. The van der Waals surface area contributed by atoms with Crippen molar-refractivity contribution in [3.05, 3.63) is 23.3 Å². The number of nitrogens with zero attached hydrogens (tertiary/aromatic N) is 3. The third-order valence-electron chi connectivity index (χ3n) is 3.38. The van der Waals surface area contributed by atoms with Crippen molar-refractivity contribution in [2.24, 2.45) is 0 Å². The highest BCUT2D eigenvalue weighted by Crippen LogP contribution is 2.24. The number of rotatable bonds is 4. The van der Waals surface area contributed by atoms with Gasteiger partial charge in [0.05, 0.1) is 18.5 Å². The minimum Gasteiger partial charge on any atom is -0.468 e. The predicted octanol–water partition coefficient (Wildman–Crippen LogP) is 1.94. The van der Waals surface area contributed by atoms with E-state index in [2.05, 4.69) is 10.1 Å². The van der Waals surface area contributed by atoms with Gasteiger partial charge in [-0.3, -0.25) is 9.69 Å². The Balaban J connectivity index is 1.70. The van der Waals surface area contributed by atoms with Gasteiger partial charge in [-0.1, -0.05) is 11.2 Å². The second-order valence-electron chi connectivity index (χ2n) is 4.64. The van der Waals surface area contributed by atoms with Gasteiger partial charge in [0.2, 0.25) is 0 Å². The Labute approximate surface area is 120 Å². The maximum Gasteiger partial charge on any atom is 0.323 e. The number of hydrogen-bond acceptors (Lipinski definition) is 7. The SMILES string of the molecule is COC(=O)C1CCCN1Cc1noc(-c2cccs2)n1. The largest absolute Gasteiger partial charge is 0.468 e. The quantitative estimate of drug-likeness (QED) is 0.802. The normalized spacial score (nSPS) is 19.4. The van der Waals surface area contributed by atoms with E-state index in [4.69, 9.17) is 9.26 Å². The molecular weight excluding hydrogens is 278 g/mol. The third kappa shape index (κ3) is 2.59. The average molecular weight is 293 g/mol. The Morgan fingerprint density at radius 2 is 2.55 bits per heavy atom. The molecule has 0 spiro atoms. The fraction of sp³-hybridized carbons (Fsp3) is 0.462. The number of carbonyl (C=O) groups excluding carboxylic acids is 1. The standard InChI is InChI=1S/C13H15N3O3S/c1-18-13(17)9-4-2-6-16(9)8-11-14-12(19-15-11)10-5-3-7-20-10/h3,5,7,9H,2,4,6,8H2,1H3. The number of hydrogen-bond donors (Lipinski definition) is 0. The van der Waals surface area contributed by atoms with Crippen LogP contribution in [-0.4, -0.2) is 40.7 Å². The number of esters is 1. The molecule has 2 aromatic heterocycles. The van der Waals surface area contributed by atoms with Crippen LogP contribution in [0.25, 0.3) is 10.8 Å². The first-order chi connectivity index (χ1) is 9.78. The van der Waals surface area contributed by atoms with Gasteiger partial charge in [-0.25, -0.2) is 0 Å². The summed E-state index contributed by atoms with van der Waals surface area (Å²) in [5.74, 6) is 0.942. The Hall–Kier alpha value is -1.73. The first-order valence-electron chi connectivity index (χ1n) is 6.46. The van der Waals surface area contributed by atoms with E-state index in [9.17, 15) is 4.79 Å². The fourth-order valence-electron chi connectivity index (χ4n) is 2.42. The Morgan fingerprint density at radius 3 is 3.30 bits per heavy atom. The van der Waals surface area contributed by atoms with Crippen molar-refractivity contribution in [2.45, 2.75) is 25.4 Å². The zero-order chi connectivity index (χ0) is 13.9. The molecule has 1 aliphatic heterocycles. The summed E-state index contributed by atoms with van der Waals surface area (Å²) in [5, 5.41) is 5.95. The summed E-state index contributed by atoms with van der Waals surface area (Å²) >= 11 is 1.56. The lowest BCUT2D eigenvalue weighted by Crippen LogP contribution is -2.36. The number of aromatic nitrogens is 2. The van der Waals surface area contributed by atoms with E-state index in [0.717, 1.165) is 24.3 Å². The first-order valence-corrected chi connectivity index (χ1v) is 7.34. The van der Waals surface area contributed by atoms with E-state index < -0.39 is 0 Å². The van der Waals surface area contributed by atoms with Gasteiger partial charge < -0.3 is 9.26 Å².